The number of carbonyl (C=O) groups excluding carboxylic acids is 2. The number of carbonyl (C=O) groups is 2. The van der Waals surface area contributed by atoms with E-state index in [1.165, 1.54) is 17.0 Å². The summed E-state index contributed by atoms with van der Waals surface area (Å²) in [5.74, 6) is -0.991. The van der Waals surface area contributed by atoms with Gasteiger partial charge in [0.05, 0.1) is 4.90 Å². The molecule has 0 saturated heterocycles. The molecule has 0 unspecified atom stereocenters. The lowest BCUT2D eigenvalue weighted by atomic mass is 10.1. The molecule has 0 radical (unpaired) electrons. The van der Waals surface area contributed by atoms with Crippen LogP contribution in [0.4, 0.5) is 5.69 Å². The van der Waals surface area contributed by atoms with Crippen molar-refractivity contribution in [3.8, 4) is 0 Å². The molecule has 0 atom stereocenters. The normalized spacial score (nSPS) is 13.5. The first-order chi connectivity index (χ1) is 14.1. The molecule has 30 heavy (non-hydrogen) atoms. The average molecular weight is 427 g/mol. The number of primary sulfonamides is 1. The third-order valence-corrected chi connectivity index (χ3v) is 6.12. The van der Waals surface area contributed by atoms with Gasteiger partial charge in [-0.05, 0) is 67.3 Å². The molecule has 1 amide bonds. The van der Waals surface area contributed by atoms with Crippen LogP contribution in [0.5, 0.6) is 0 Å². The number of nitrogens with two attached hydrogens (primary N) is 1. The van der Waals surface area contributed by atoms with Crippen molar-refractivity contribution in [2.75, 3.05) is 18.1 Å². The molecule has 0 bridgehead atoms. The first-order valence-electron chi connectivity index (χ1n) is 9.36. The molecule has 2 heterocycles. The smallest absolute Gasteiger partial charge is 0.355 e. The number of hydrogen-bond acceptors (Lipinski definition) is 5. The summed E-state index contributed by atoms with van der Waals surface area (Å²) < 4.78 is 28.2. The minimum Gasteiger partial charge on any atom is -0.451 e. The Kier molecular flexibility index (Phi) is 4.87. The number of anilines is 1. The van der Waals surface area contributed by atoms with Crippen molar-refractivity contribution >= 4 is 38.5 Å². The number of sulfonamides is 1. The molecular formula is C21H21N3O5S. The zero-order valence-corrected chi connectivity index (χ0v) is 17.4. The van der Waals surface area contributed by atoms with Gasteiger partial charge in [-0.1, -0.05) is 6.07 Å². The van der Waals surface area contributed by atoms with Gasteiger partial charge in [0.25, 0.3) is 5.91 Å². The Morgan fingerprint density at radius 1 is 1.17 bits per heavy atom. The molecule has 1 aromatic heterocycles. The van der Waals surface area contributed by atoms with Crippen LogP contribution < -0.4 is 10.0 Å². The predicted octanol–water partition coefficient (Wildman–Crippen LogP) is 2.18. The van der Waals surface area contributed by atoms with Gasteiger partial charge < -0.3 is 14.6 Å². The maximum atomic E-state index is 12.6. The van der Waals surface area contributed by atoms with E-state index < -0.39 is 22.6 Å². The van der Waals surface area contributed by atoms with Crippen molar-refractivity contribution in [3.05, 3.63) is 58.8 Å². The Labute approximate surface area is 173 Å². The minimum atomic E-state index is -3.81. The number of nitrogens with zero attached hydrogens (tertiary/aromatic N) is 1. The highest BCUT2D eigenvalue weighted by atomic mass is 32.2. The second kappa shape index (κ2) is 7.26. The van der Waals surface area contributed by atoms with Crippen LogP contribution >= 0.6 is 0 Å². The molecular weight excluding hydrogens is 406 g/mol. The number of aromatic amines is 1. The highest BCUT2D eigenvalue weighted by molar-refractivity contribution is 7.89. The van der Waals surface area contributed by atoms with E-state index in [0.717, 1.165) is 22.0 Å². The van der Waals surface area contributed by atoms with Crippen LogP contribution in [0.1, 0.15) is 27.2 Å². The van der Waals surface area contributed by atoms with Crippen LogP contribution in [-0.2, 0) is 26.0 Å². The summed E-state index contributed by atoms with van der Waals surface area (Å²) in [6.45, 7) is 3.91. The fraction of sp³-hybridized carbons (Fsp3) is 0.238. The zero-order chi connectivity index (χ0) is 21.6. The molecule has 3 N–H and O–H groups in total. The summed E-state index contributed by atoms with van der Waals surface area (Å²) in [6, 6.07) is 10.1. The lowest BCUT2D eigenvalue weighted by molar-refractivity contribution is -0.121. The zero-order valence-electron chi connectivity index (χ0n) is 16.6. The number of benzene rings is 2. The molecule has 4 rings (SSSR count). The summed E-state index contributed by atoms with van der Waals surface area (Å²) in [5.41, 5.74) is 4.55. The van der Waals surface area contributed by atoms with Gasteiger partial charge in [0.2, 0.25) is 10.0 Å². The highest BCUT2D eigenvalue weighted by Gasteiger charge is 2.27. The van der Waals surface area contributed by atoms with E-state index in [4.69, 9.17) is 9.88 Å². The topological polar surface area (TPSA) is 123 Å². The molecule has 2 aromatic carbocycles. The van der Waals surface area contributed by atoms with E-state index >= 15 is 0 Å². The average Bonchev–Trinajstić information content (AvgIpc) is 3.28. The van der Waals surface area contributed by atoms with Gasteiger partial charge in [-0.15, -0.1) is 0 Å². The number of nitrogens with one attached hydrogen (secondary N) is 1. The van der Waals surface area contributed by atoms with Crippen LogP contribution in [0.3, 0.4) is 0 Å². The Bertz CT molecular complexity index is 1290. The fourth-order valence-electron chi connectivity index (χ4n) is 3.81. The number of H-pyrrole nitrogens is 1. The Morgan fingerprint density at radius 3 is 2.67 bits per heavy atom. The molecule has 0 fully saturated rings. The van der Waals surface area contributed by atoms with Gasteiger partial charge in [-0.2, -0.15) is 0 Å². The van der Waals surface area contributed by atoms with Crippen molar-refractivity contribution in [1.82, 2.24) is 4.98 Å². The van der Waals surface area contributed by atoms with Gasteiger partial charge in [0.15, 0.2) is 6.61 Å². The Hall–Kier alpha value is -3.17. The second-order valence-corrected chi connectivity index (χ2v) is 8.99. The lowest BCUT2D eigenvalue weighted by Gasteiger charge is -2.17. The fourth-order valence-corrected chi connectivity index (χ4v) is 4.37. The standard InChI is InChI=1S/C21H21N3O5S/c1-12-7-13(2)16-10-18(23-17(16)8-12)21(26)29-11-20(25)24-6-5-14-9-15(30(22,27)28)3-4-19(14)24/h3-4,7-10,23H,5-6,11H2,1-2H3,(H2,22,27,28). The summed E-state index contributed by atoms with van der Waals surface area (Å²) in [7, 11) is -3.81. The third kappa shape index (κ3) is 3.69. The first kappa shape index (κ1) is 20.1. The van der Waals surface area contributed by atoms with Crippen molar-refractivity contribution in [1.29, 1.82) is 0 Å². The van der Waals surface area contributed by atoms with Crippen LogP contribution in [0.2, 0.25) is 0 Å². The minimum absolute atomic E-state index is 0.00585. The number of esters is 1. The van der Waals surface area contributed by atoms with E-state index in [1.807, 2.05) is 26.0 Å². The molecule has 0 aliphatic carbocycles. The third-order valence-electron chi connectivity index (χ3n) is 5.21. The number of rotatable bonds is 4. The quantitative estimate of drug-likeness (QED) is 0.618. The van der Waals surface area contributed by atoms with Crippen LogP contribution in [-0.4, -0.2) is 38.4 Å². The number of aryl methyl sites for hydroxylation is 2. The number of ether oxygens (including phenoxy) is 1. The summed E-state index contributed by atoms with van der Waals surface area (Å²) in [6.07, 6.45) is 0.499. The molecule has 0 saturated carbocycles. The van der Waals surface area contributed by atoms with Gasteiger partial charge >= 0.3 is 5.97 Å². The lowest BCUT2D eigenvalue weighted by Crippen LogP contribution is -2.33. The van der Waals surface area contributed by atoms with E-state index in [0.29, 0.717) is 24.2 Å². The van der Waals surface area contributed by atoms with Crippen molar-refractivity contribution in [2.24, 2.45) is 5.14 Å². The highest BCUT2D eigenvalue weighted by Crippen LogP contribution is 2.30. The summed E-state index contributed by atoms with van der Waals surface area (Å²) in [5, 5.41) is 6.09. The molecule has 156 valence electrons. The number of aromatic nitrogens is 1. The van der Waals surface area contributed by atoms with E-state index in [2.05, 4.69) is 4.98 Å². The van der Waals surface area contributed by atoms with Crippen LogP contribution in [0.15, 0.2) is 41.3 Å². The number of hydrogen-bond donors (Lipinski definition) is 2. The molecule has 1 aliphatic rings. The van der Waals surface area contributed by atoms with Gasteiger partial charge in [0.1, 0.15) is 5.69 Å². The summed E-state index contributed by atoms with van der Waals surface area (Å²) in [4.78, 5) is 29.5. The Morgan fingerprint density at radius 2 is 1.93 bits per heavy atom. The number of fused-ring (bicyclic) bond motifs is 2. The van der Waals surface area contributed by atoms with Crippen LogP contribution in [0, 0.1) is 13.8 Å². The molecule has 9 heteroatoms. The maximum Gasteiger partial charge on any atom is 0.355 e. The molecule has 0 spiro atoms. The van der Waals surface area contributed by atoms with Crippen molar-refractivity contribution in [3.63, 3.8) is 0 Å². The van der Waals surface area contributed by atoms with Crippen molar-refractivity contribution < 1.29 is 22.7 Å². The molecule has 1 aliphatic heterocycles. The van der Waals surface area contributed by atoms with E-state index in [9.17, 15) is 18.0 Å². The maximum absolute atomic E-state index is 12.6. The van der Waals surface area contributed by atoms with Gasteiger partial charge in [-0.3, -0.25) is 4.79 Å². The van der Waals surface area contributed by atoms with Gasteiger partial charge in [-0.25, -0.2) is 18.4 Å². The first-order valence-corrected chi connectivity index (χ1v) is 10.9. The SMILES string of the molecule is Cc1cc(C)c2cc(C(=O)OCC(=O)N3CCc4cc(S(N)(=O)=O)ccc43)[nH]c2c1. The number of amides is 1. The molecule has 3 aromatic rings. The Balaban J connectivity index is 1.46. The van der Waals surface area contributed by atoms with Gasteiger partial charge in [0, 0.05) is 23.1 Å². The summed E-state index contributed by atoms with van der Waals surface area (Å²) >= 11 is 0. The largest absolute Gasteiger partial charge is 0.451 e. The van der Waals surface area contributed by atoms with E-state index in [-0.39, 0.29) is 16.5 Å². The van der Waals surface area contributed by atoms with Crippen molar-refractivity contribution in [2.45, 2.75) is 25.2 Å². The monoisotopic (exact) mass is 427 g/mol. The van der Waals surface area contributed by atoms with E-state index in [1.54, 1.807) is 12.1 Å². The molecule has 8 nitrogen and oxygen atoms in total. The second-order valence-electron chi connectivity index (χ2n) is 7.43. The van der Waals surface area contributed by atoms with Crippen LogP contribution in [0.25, 0.3) is 10.9 Å². The predicted molar refractivity (Wildman–Crippen MR) is 112 cm³/mol.